The van der Waals surface area contributed by atoms with E-state index in [0.717, 1.165) is 72.9 Å². The van der Waals surface area contributed by atoms with Crippen molar-refractivity contribution >= 4 is 90.7 Å². The van der Waals surface area contributed by atoms with Crippen LogP contribution >= 0.6 is 0 Å². The Morgan fingerprint density at radius 1 is 0.304 bits per heavy atom. The molecule has 0 N–H and O–H groups in total. The third-order valence-electron chi connectivity index (χ3n) is 13.9. The third-order valence-corrected chi connectivity index (χ3v) is 15.8. The standard InChI is InChI=1S/2C30H48O3S.Ba/c2*1-3-5-7-9-11-13-15-17-19-26-21-22-27-24-28(20-18-16-14-12-10-8-6-4-2)30(34(31,32)33)25-29(27)23-26;/h2*21-25H,3-20H2,1-2H3,(H,31,32,33);/q;;+2/p-2. The summed E-state index contributed by atoms with van der Waals surface area (Å²) in [6.45, 7) is 8.95. The Kier molecular flexibility index (Phi) is 35.5. The van der Waals surface area contributed by atoms with Gasteiger partial charge in [-0.3, -0.25) is 0 Å². The zero-order chi connectivity index (χ0) is 49.3. The first-order valence-corrected chi connectivity index (χ1v) is 30.8. The zero-order valence-electron chi connectivity index (χ0n) is 44.2. The van der Waals surface area contributed by atoms with Crippen molar-refractivity contribution < 1.29 is 25.9 Å². The molecular weight excluding hydrogens is 1020 g/mol. The largest absolute Gasteiger partial charge is 2.00 e. The van der Waals surface area contributed by atoms with Gasteiger partial charge in [-0.15, -0.1) is 0 Å². The molecule has 0 fully saturated rings. The van der Waals surface area contributed by atoms with Gasteiger partial charge in [0, 0.05) is 0 Å². The molecule has 0 radical (unpaired) electrons. The normalized spacial score (nSPS) is 11.8. The van der Waals surface area contributed by atoms with Crippen LogP contribution in [0.2, 0.25) is 0 Å². The molecule has 0 unspecified atom stereocenters. The Balaban J connectivity index is 0.000000467. The van der Waals surface area contributed by atoms with Crippen molar-refractivity contribution in [2.24, 2.45) is 0 Å². The van der Waals surface area contributed by atoms with Gasteiger partial charge in [0.1, 0.15) is 20.2 Å². The van der Waals surface area contributed by atoms with Gasteiger partial charge in [-0.2, -0.15) is 0 Å². The minimum atomic E-state index is -4.48. The molecule has 0 heterocycles. The van der Waals surface area contributed by atoms with Crippen LogP contribution in [0, 0.1) is 0 Å². The maximum absolute atomic E-state index is 12.0. The van der Waals surface area contributed by atoms with Crippen molar-refractivity contribution in [1.82, 2.24) is 0 Å². The molecule has 384 valence electrons. The van der Waals surface area contributed by atoms with Gasteiger partial charge < -0.3 is 9.11 Å². The van der Waals surface area contributed by atoms with Crippen LogP contribution in [0.4, 0.5) is 0 Å². The fourth-order valence-corrected chi connectivity index (χ4v) is 11.2. The van der Waals surface area contributed by atoms with E-state index in [0.29, 0.717) is 24.0 Å². The average Bonchev–Trinajstić information content (AvgIpc) is 3.31. The van der Waals surface area contributed by atoms with Crippen LogP contribution in [0.5, 0.6) is 0 Å². The van der Waals surface area contributed by atoms with E-state index in [-0.39, 0.29) is 58.7 Å². The number of benzene rings is 4. The molecule has 0 saturated carbocycles. The fourth-order valence-electron chi connectivity index (χ4n) is 9.74. The minimum Gasteiger partial charge on any atom is -0.744 e. The van der Waals surface area contributed by atoms with Gasteiger partial charge in [0.05, 0.1) is 9.79 Å². The number of fused-ring (bicyclic) bond motifs is 2. The van der Waals surface area contributed by atoms with Gasteiger partial charge in [0.25, 0.3) is 0 Å². The molecule has 0 aliphatic heterocycles. The van der Waals surface area contributed by atoms with Crippen LogP contribution in [0.15, 0.2) is 70.5 Å². The zero-order valence-corrected chi connectivity index (χ0v) is 50.3. The molecule has 4 rings (SSSR count). The van der Waals surface area contributed by atoms with Gasteiger partial charge in [0.15, 0.2) is 0 Å². The molecule has 0 atom stereocenters. The average molecular weight is 1110 g/mol. The smallest absolute Gasteiger partial charge is 0.744 e. The molecule has 0 aliphatic rings. The summed E-state index contributed by atoms with van der Waals surface area (Å²) >= 11 is 0. The SMILES string of the molecule is CCCCCCCCCCc1ccc2cc(CCCCCCCCCC)c(S(=O)(=O)[O-])cc2c1.CCCCCCCCCCc1ccc2cc(CCCCCCCCCC)c(S(=O)(=O)[O-])cc2c1.[Ba+2]. The van der Waals surface area contributed by atoms with Crippen LogP contribution < -0.4 is 0 Å². The maximum Gasteiger partial charge on any atom is 2.00 e. The molecule has 4 aromatic carbocycles. The van der Waals surface area contributed by atoms with E-state index in [1.807, 2.05) is 12.1 Å². The number of aryl methyl sites for hydroxylation is 4. The predicted octanol–water partition coefficient (Wildman–Crippen LogP) is 17.8. The number of unbranched alkanes of at least 4 members (excludes halogenated alkanes) is 28. The molecule has 6 nitrogen and oxygen atoms in total. The van der Waals surface area contributed by atoms with Crippen molar-refractivity contribution in [2.75, 3.05) is 0 Å². The van der Waals surface area contributed by atoms with Crippen molar-refractivity contribution in [3.05, 3.63) is 82.9 Å². The molecule has 0 aromatic heterocycles. The molecule has 69 heavy (non-hydrogen) atoms. The Morgan fingerprint density at radius 3 is 0.812 bits per heavy atom. The summed E-state index contributed by atoms with van der Waals surface area (Å²) in [5, 5.41) is 3.79. The second-order valence-electron chi connectivity index (χ2n) is 20.1. The Hall–Kier alpha value is -1.21. The van der Waals surface area contributed by atoms with Crippen LogP contribution in [0.1, 0.15) is 255 Å². The van der Waals surface area contributed by atoms with E-state index in [2.05, 4.69) is 64.1 Å². The van der Waals surface area contributed by atoms with Crippen molar-refractivity contribution in [3.63, 3.8) is 0 Å². The number of rotatable bonds is 38. The number of hydrogen-bond donors (Lipinski definition) is 0. The van der Waals surface area contributed by atoms with Gasteiger partial charge in [-0.25, -0.2) is 16.8 Å². The predicted molar refractivity (Wildman–Crippen MR) is 295 cm³/mol. The van der Waals surface area contributed by atoms with Crippen molar-refractivity contribution in [2.45, 2.75) is 269 Å². The molecule has 0 aliphatic carbocycles. The molecule has 0 spiro atoms. The molecule has 4 aromatic rings. The van der Waals surface area contributed by atoms with Crippen LogP contribution in [0.3, 0.4) is 0 Å². The van der Waals surface area contributed by atoms with Gasteiger partial charge in [-0.05, 0) is 119 Å². The van der Waals surface area contributed by atoms with Crippen LogP contribution in [-0.4, -0.2) is 74.8 Å². The van der Waals surface area contributed by atoms with Crippen molar-refractivity contribution in [3.8, 4) is 0 Å². The fraction of sp³-hybridized carbons (Fsp3) is 0.667. The molecule has 9 heteroatoms. The summed E-state index contributed by atoms with van der Waals surface area (Å²) in [6.07, 6.45) is 43.2. The van der Waals surface area contributed by atoms with Gasteiger partial charge in [0.2, 0.25) is 0 Å². The summed E-state index contributed by atoms with van der Waals surface area (Å²) in [4.78, 5) is -0.0423. The summed E-state index contributed by atoms with van der Waals surface area (Å²) in [5.41, 5.74) is 3.82. The molecule has 0 bridgehead atoms. The second kappa shape index (κ2) is 38.4. The second-order valence-corrected chi connectivity index (χ2v) is 22.8. The van der Waals surface area contributed by atoms with Gasteiger partial charge in [-0.1, -0.05) is 244 Å². The summed E-state index contributed by atoms with van der Waals surface area (Å²) < 4.78 is 72.0. The maximum atomic E-state index is 12.0. The first-order chi connectivity index (χ1) is 32.9. The minimum absolute atomic E-state index is 0. The van der Waals surface area contributed by atoms with E-state index in [4.69, 9.17) is 0 Å². The first kappa shape index (κ1) is 63.9. The van der Waals surface area contributed by atoms with E-state index in [1.54, 1.807) is 12.1 Å². The molecule has 0 saturated heterocycles. The van der Waals surface area contributed by atoms with E-state index < -0.39 is 20.2 Å². The summed E-state index contributed by atoms with van der Waals surface area (Å²) in [6, 6.07) is 19.8. The van der Waals surface area contributed by atoms with E-state index >= 15 is 0 Å². The third kappa shape index (κ3) is 27.6. The topological polar surface area (TPSA) is 114 Å². The Morgan fingerprint density at radius 2 is 0.551 bits per heavy atom. The van der Waals surface area contributed by atoms with E-state index in [1.165, 1.54) is 178 Å². The Bertz CT molecular complexity index is 2030. The first-order valence-electron chi connectivity index (χ1n) is 27.9. The summed E-state index contributed by atoms with van der Waals surface area (Å²) in [5.74, 6) is 0. The summed E-state index contributed by atoms with van der Waals surface area (Å²) in [7, 11) is -8.96. The van der Waals surface area contributed by atoms with Crippen molar-refractivity contribution in [1.29, 1.82) is 0 Å². The monoisotopic (exact) mass is 1110 g/mol. The van der Waals surface area contributed by atoms with Crippen LogP contribution in [-0.2, 0) is 45.9 Å². The van der Waals surface area contributed by atoms with Crippen LogP contribution in [0.25, 0.3) is 21.5 Å². The van der Waals surface area contributed by atoms with E-state index in [9.17, 15) is 25.9 Å². The molecule has 0 amide bonds. The molecular formula is C60H94BaO6S2. The van der Waals surface area contributed by atoms with Gasteiger partial charge >= 0.3 is 48.9 Å². The Labute approximate surface area is 463 Å². The quantitative estimate of drug-likeness (QED) is 0.0251. The number of hydrogen-bond acceptors (Lipinski definition) is 6.